The summed E-state index contributed by atoms with van der Waals surface area (Å²) in [6.45, 7) is 3.32. The first kappa shape index (κ1) is 14.0. The van der Waals surface area contributed by atoms with Gasteiger partial charge in [0.2, 0.25) is 5.69 Å². The molecule has 1 heterocycles. The van der Waals surface area contributed by atoms with Crippen LogP contribution in [0.25, 0.3) is 5.69 Å². The Kier molecular flexibility index (Phi) is 3.24. The third-order valence-electron chi connectivity index (χ3n) is 2.73. The minimum absolute atomic E-state index is 0.150. The normalized spacial score (nSPS) is 11.7. The number of aromatic carboxylic acids is 1. The molecule has 0 unspecified atom stereocenters. The van der Waals surface area contributed by atoms with Gasteiger partial charge in [-0.3, -0.25) is 0 Å². The van der Waals surface area contributed by atoms with E-state index in [1.54, 1.807) is 26.0 Å². The Balaban J connectivity index is 2.75. The molecule has 2 rings (SSSR count). The minimum Gasteiger partial charge on any atom is -0.476 e. The van der Waals surface area contributed by atoms with Gasteiger partial charge in [-0.25, -0.2) is 9.48 Å². The third kappa shape index (κ3) is 2.36. The summed E-state index contributed by atoms with van der Waals surface area (Å²) in [5.41, 5.74) is -1.09. The van der Waals surface area contributed by atoms with Crippen molar-refractivity contribution in [3.8, 4) is 5.69 Å². The van der Waals surface area contributed by atoms with Crippen molar-refractivity contribution < 1.29 is 23.1 Å². The van der Waals surface area contributed by atoms with Crippen LogP contribution in [0.3, 0.4) is 0 Å². The average Bonchev–Trinajstić information content (AvgIpc) is 2.76. The Morgan fingerprint density at radius 3 is 2.50 bits per heavy atom. The standard InChI is InChI=1S/C12H10F3N3O2/c1-6-3-4-7(2)8(5-6)18-10(12(13,14)15)9(11(19)20)16-17-18/h3-5H,1-2H3,(H,19,20). The van der Waals surface area contributed by atoms with Crippen LogP contribution in [0.5, 0.6) is 0 Å². The highest BCUT2D eigenvalue weighted by Gasteiger charge is 2.42. The van der Waals surface area contributed by atoms with Crippen LogP contribution in [0.2, 0.25) is 0 Å². The Labute approximate surface area is 111 Å². The molecule has 0 radical (unpaired) electrons. The summed E-state index contributed by atoms with van der Waals surface area (Å²) in [6, 6.07) is 4.86. The molecule has 0 spiro atoms. The highest BCUT2D eigenvalue weighted by molar-refractivity contribution is 5.86. The van der Waals surface area contributed by atoms with Gasteiger partial charge >= 0.3 is 12.1 Å². The molecule has 0 atom stereocenters. The van der Waals surface area contributed by atoms with Crippen molar-refractivity contribution in [1.29, 1.82) is 0 Å². The largest absolute Gasteiger partial charge is 0.476 e. The molecule has 2 aromatic rings. The van der Waals surface area contributed by atoms with Gasteiger partial charge in [-0.05, 0) is 31.0 Å². The zero-order valence-corrected chi connectivity index (χ0v) is 10.6. The minimum atomic E-state index is -4.87. The summed E-state index contributed by atoms with van der Waals surface area (Å²) in [6.07, 6.45) is -4.87. The second kappa shape index (κ2) is 4.62. The van der Waals surface area contributed by atoms with Gasteiger partial charge in [-0.1, -0.05) is 17.3 Å². The maximum atomic E-state index is 13.1. The van der Waals surface area contributed by atoms with Crippen molar-refractivity contribution in [2.75, 3.05) is 0 Å². The van der Waals surface area contributed by atoms with Gasteiger partial charge in [0, 0.05) is 0 Å². The smallest absolute Gasteiger partial charge is 0.436 e. The van der Waals surface area contributed by atoms with E-state index in [4.69, 9.17) is 5.11 Å². The number of carboxylic acid groups (broad SMARTS) is 1. The summed E-state index contributed by atoms with van der Waals surface area (Å²) in [5.74, 6) is -1.77. The number of aryl methyl sites for hydroxylation is 2. The molecule has 20 heavy (non-hydrogen) atoms. The number of alkyl halides is 3. The van der Waals surface area contributed by atoms with Crippen LogP contribution in [0.1, 0.15) is 27.3 Å². The lowest BCUT2D eigenvalue weighted by atomic mass is 10.1. The van der Waals surface area contributed by atoms with E-state index >= 15 is 0 Å². The molecule has 0 saturated heterocycles. The van der Waals surface area contributed by atoms with Crippen molar-refractivity contribution >= 4 is 5.97 Å². The number of halogens is 3. The number of hydrogen-bond donors (Lipinski definition) is 1. The number of rotatable bonds is 2. The van der Waals surface area contributed by atoms with Crippen LogP contribution >= 0.6 is 0 Å². The van der Waals surface area contributed by atoms with Gasteiger partial charge in [0.1, 0.15) is 0 Å². The first-order valence-corrected chi connectivity index (χ1v) is 5.55. The summed E-state index contributed by atoms with van der Waals surface area (Å²) >= 11 is 0. The van der Waals surface area contributed by atoms with Crippen molar-refractivity contribution in [3.05, 3.63) is 40.7 Å². The van der Waals surface area contributed by atoms with E-state index in [-0.39, 0.29) is 5.69 Å². The quantitative estimate of drug-likeness (QED) is 0.921. The van der Waals surface area contributed by atoms with Crippen LogP contribution in [0.15, 0.2) is 18.2 Å². The predicted molar refractivity (Wildman–Crippen MR) is 62.8 cm³/mol. The monoisotopic (exact) mass is 285 g/mol. The van der Waals surface area contributed by atoms with E-state index in [2.05, 4.69) is 10.3 Å². The number of benzene rings is 1. The van der Waals surface area contributed by atoms with Gasteiger partial charge in [-0.2, -0.15) is 13.2 Å². The Hall–Kier alpha value is -2.38. The molecule has 0 aliphatic heterocycles. The van der Waals surface area contributed by atoms with E-state index in [0.29, 0.717) is 10.2 Å². The molecule has 0 fully saturated rings. The summed E-state index contributed by atoms with van der Waals surface area (Å²) < 4.78 is 39.7. The van der Waals surface area contributed by atoms with E-state index < -0.39 is 23.5 Å². The molecule has 0 amide bonds. The SMILES string of the molecule is Cc1ccc(C)c(-n2nnc(C(=O)O)c2C(F)(F)F)c1. The van der Waals surface area contributed by atoms with Crippen LogP contribution in [0, 0.1) is 13.8 Å². The Morgan fingerprint density at radius 1 is 1.30 bits per heavy atom. The third-order valence-corrected chi connectivity index (χ3v) is 2.73. The van der Waals surface area contributed by atoms with Crippen LogP contribution in [0.4, 0.5) is 13.2 Å². The summed E-state index contributed by atoms with van der Waals surface area (Å²) in [5, 5.41) is 15.3. The molecule has 1 aromatic heterocycles. The molecular formula is C12H10F3N3O2. The molecule has 106 valence electrons. The summed E-state index contributed by atoms with van der Waals surface area (Å²) in [4.78, 5) is 10.8. The lowest BCUT2D eigenvalue weighted by molar-refractivity contribution is -0.143. The van der Waals surface area contributed by atoms with Crippen molar-refractivity contribution in [2.45, 2.75) is 20.0 Å². The average molecular weight is 285 g/mol. The molecular weight excluding hydrogens is 275 g/mol. The van der Waals surface area contributed by atoms with Gasteiger partial charge in [0.15, 0.2) is 5.69 Å². The van der Waals surface area contributed by atoms with Gasteiger partial charge < -0.3 is 5.11 Å². The van der Waals surface area contributed by atoms with E-state index in [9.17, 15) is 18.0 Å². The second-order valence-corrected chi connectivity index (χ2v) is 4.29. The van der Waals surface area contributed by atoms with E-state index in [1.807, 2.05) is 0 Å². The number of carboxylic acids is 1. The van der Waals surface area contributed by atoms with Crippen LogP contribution in [-0.4, -0.2) is 26.1 Å². The topological polar surface area (TPSA) is 68.0 Å². The van der Waals surface area contributed by atoms with Gasteiger partial charge in [0.25, 0.3) is 0 Å². The van der Waals surface area contributed by atoms with Gasteiger partial charge in [0.05, 0.1) is 5.69 Å². The Morgan fingerprint density at radius 2 is 1.95 bits per heavy atom. The fourth-order valence-corrected chi connectivity index (χ4v) is 1.80. The number of nitrogens with zero attached hydrogens (tertiary/aromatic N) is 3. The van der Waals surface area contributed by atoms with E-state index in [0.717, 1.165) is 5.56 Å². The van der Waals surface area contributed by atoms with Crippen LogP contribution in [-0.2, 0) is 6.18 Å². The van der Waals surface area contributed by atoms with Crippen molar-refractivity contribution in [1.82, 2.24) is 15.0 Å². The maximum absolute atomic E-state index is 13.1. The zero-order valence-electron chi connectivity index (χ0n) is 10.6. The zero-order chi connectivity index (χ0) is 15.1. The Bertz CT molecular complexity index is 677. The predicted octanol–water partition coefficient (Wildman–Crippen LogP) is 2.60. The maximum Gasteiger partial charge on any atom is 0.436 e. The summed E-state index contributed by atoms with van der Waals surface area (Å²) in [7, 11) is 0. The molecule has 8 heteroatoms. The number of hydrogen-bond acceptors (Lipinski definition) is 3. The lowest BCUT2D eigenvalue weighted by Gasteiger charge is -2.12. The molecule has 0 bridgehead atoms. The number of aromatic nitrogens is 3. The second-order valence-electron chi connectivity index (χ2n) is 4.29. The molecule has 1 aromatic carbocycles. The first-order valence-electron chi connectivity index (χ1n) is 5.55. The van der Waals surface area contributed by atoms with E-state index in [1.165, 1.54) is 6.07 Å². The fourth-order valence-electron chi connectivity index (χ4n) is 1.80. The molecule has 0 aliphatic rings. The lowest BCUT2D eigenvalue weighted by Crippen LogP contribution is -2.18. The van der Waals surface area contributed by atoms with Crippen molar-refractivity contribution in [2.24, 2.45) is 0 Å². The highest BCUT2D eigenvalue weighted by Crippen LogP contribution is 2.33. The number of carbonyl (C=O) groups is 1. The fraction of sp³-hybridized carbons (Fsp3) is 0.250. The first-order chi connectivity index (χ1) is 9.21. The highest BCUT2D eigenvalue weighted by atomic mass is 19.4. The molecule has 0 saturated carbocycles. The molecule has 0 aliphatic carbocycles. The van der Waals surface area contributed by atoms with Gasteiger partial charge in [-0.15, -0.1) is 5.10 Å². The van der Waals surface area contributed by atoms with Crippen molar-refractivity contribution in [3.63, 3.8) is 0 Å². The molecule has 5 nitrogen and oxygen atoms in total. The molecule has 1 N–H and O–H groups in total. The van der Waals surface area contributed by atoms with Crippen LogP contribution < -0.4 is 0 Å².